The molecule has 0 spiro atoms. The average molecular weight is 577 g/mol. The van der Waals surface area contributed by atoms with E-state index in [0.717, 1.165) is 12.1 Å². The van der Waals surface area contributed by atoms with E-state index in [0.29, 0.717) is 11.1 Å². The number of aromatic hydroxyl groups is 1. The van der Waals surface area contributed by atoms with Crippen LogP contribution in [0.5, 0.6) is 11.5 Å². The Morgan fingerprint density at radius 3 is 2.36 bits per heavy atom. The van der Waals surface area contributed by atoms with E-state index in [1.807, 2.05) is 0 Å². The topological polar surface area (TPSA) is 223 Å². The highest BCUT2D eigenvalue weighted by Gasteiger charge is 2.23. The van der Waals surface area contributed by atoms with Crippen LogP contribution in [-0.4, -0.2) is 51.5 Å². The third-order valence-electron chi connectivity index (χ3n) is 5.73. The van der Waals surface area contributed by atoms with Gasteiger partial charge in [0, 0.05) is 17.7 Å². The number of rotatable bonds is 12. The summed E-state index contributed by atoms with van der Waals surface area (Å²) in [6.07, 6.45) is -1.03. The van der Waals surface area contributed by atoms with Crippen molar-refractivity contribution >= 4 is 31.9 Å². The van der Waals surface area contributed by atoms with Gasteiger partial charge in [-0.25, -0.2) is 31.5 Å². The fraction of sp³-hybridized carbons (Fsp3) is 0.200. The predicted molar refractivity (Wildman–Crippen MR) is 144 cm³/mol. The molecule has 0 aliphatic heterocycles. The summed E-state index contributed by atoms with van der Waals surface area (Å²) in [5.41, 5.74) is 6.64. The lowest BCUT2D eigenvalue weighted by atomic mass is 10.0. The van der Waals surface area contributed by atoms with Crippen molar-refractivity contribution in [3.05, 3.63) is 71.8 Å². The van der Waals surface area contributed by atoms with Crippen molar-refractivity contribution in [1.29, 1.82) is 5.41 Å². The Kier molecular flexibility index (Phi) is 8.96. The molecule has 0 saturated carbocycles. The Bertz CT molecular complexity index is 1620. The zero-order chi connectivity index (χ0) is 29.0. The quantitative estimate of drug-likeness (QED) is 0.136. The molecule has 12 nitrogen and oxygen atoms in total. The van der Waals surface area contributed by atoms with Crippen LogP contribution in [0.3, 0.4) is 0 Å². The molecule has 3 rings (SSSR count). The molecule has 0 fully saturated rings. The normalized spacial score (nSPS) is 12.6. The third-order valence-corrected chi connectivity index (χ3v) is 8.19. The molecule has 208 valence electrons. The minimum atomic E-state index is -4.21. The first kappa shape index (κ1) is 29.6. The Balaban J connectivity index is 1.95. The standard InChI is InChI=1S/C25H28N4O8S2/c1-2-20(25(31)32)37-21-13-16(18-5-3-4-6-22(18)38(28,33)34)8-7-15(21)11-12-29-39(35,36)23-14-17(24(26)27)9-10-19(23)30/h3-10,13-14,20,29-30H,2,11-12H2,1H3,(H3,26,27)(H,31,32)(H2,28,33,34). The Hall–Kier alpha value is -3.98. The second-order valence-corrected chi connectivity index (χ2v) is 11.7. The van der Waals surface area contributed by atoms with E-state index in [9.17, 15) is 31.8 Å². The first-order valence-electron chi connectivity index (χ1n) is 11.6. The average Bonchev–Trinajstić information content (AvgIpc) is 2.87. The van der Waals surface area contributed by atoms with E-state index < -0.39 is 42.8 Å². The molecule has 0 aromatic heterocycles. The van der Waals surface area contributed by atoms with Gasteiger partial charge in [0.1, 0.15) is 22.2 Å². The maximum absolute atomic E-state index is 12.8. The fourth-order valence-electron chi connectivity index (χ4n) is 3.75. The zero-order valence-electron chi connectivity index (χ0n) is 20.8. The second-order valence-electron chi connectivity index (χ2n) is 8.46. The molecule has 8 N–H and O–H groups in total. The second kappa shape index (κ2) is 11.8. The van der Waals surface area contributed by atoms with Gasteiger partial charge >= 0.3 is 5.97 Å². The number of primary sulfonamides is 1. The molecule has 0 aliphatic carbocycles. The number of carboxylic acids is 1. The van der Waals surface area contributed by atoms with Gasteiger partial charge in [0.15, 0.2) is 6.10 Å². The van der Waals surface area contributed by atoms with Crippen LogP contribution in [-0.2, 0) is 31.3 Å². The van der Waals surface area contributed by atoms with E-state index in [1.54, 1.807) is 31.2 Å². The Morgan fingerprint density at radius 1 is 1.05 bits per heavy atom. The molecular weight excluding hydrogens is 548 g/mol. The van der Waals surface area contributed by atoms with E-state index in [1.165, 1.54) is 24.3 Å². The van der Waals surface area contributed by atoms with Gasteiger partial charge in [-0.1, -0.05) is 37.3 Å². The van der Waals surface area contributed by atoms with Gasteiger partial charge in [-0.3, -0.25) is 5.41 Å². The van der Waals surface area contributed by atoms with E-state index in [4.69, 9.17) is 21.0 Å². The summed E-state index contributed by atoms with van der Waals surface area (Å²) < 4.78 is 57.9. The summed E-state index contributed by atoms with van der Waals surface area (Å²) in [5.74, 6) is -1.99. The van der Waals surface area contributed by atoms with Gasteiger partial charge in [0.05, 0.1) is 4.90 Å². The van der Waals surface area contributed by atoms with Crippen LogP contribution >= 0.6 is 0 Å². The van der Waals surface area contributed by atoms with Crippen LogP contribution in [0.4, 0.5) is 0 Å². The first-order valence-corrected chi connectivity index (χ1v) is 14.6. The molecule has 1 unspecified atom stereocenters. The summed E-state index contributed by atoms with van der Waals surface area (Å²) in [6, 6.07) is 14.2. The van der Waals surface area contributed by atoms with Crippen LogP contribution in [0.25, 0.3) is 11.1 Å². The minimum absolute atomic E-state index is 0.0505. The molecule has 3 aromatic rings. The SMILES string of the molecule is CCC(Oc1cc(-c2ccccc2S(N)(=O)=O)ccc1CCNS(=O)(=O)c1cc(C(=N)N)ccc1O)C(=O)O. The summed E-state index contributed by atoms with van der Waals surface area (Å²) in [5, 5.41) is 32.4. The minimum Gasteiger partial charge on any atom is -0.507 e. The number of nitrogens with two attached hydrogens (primary N) is 2. The number of benzene rings is 3. The molecule has 0 aliphatic rings. The summed E-state index contributed by atoms with van der Waals surface area (Å²) in [6.45, 7) is 1.45. The molecule has 0 bridgehead atoms. The number of carboxylic acid groups (broad SMARTS) is 1. The van der Waals surface area contributed by atoms with Crippen molar-refractivity contribution in [3.63, 3.8) is 0 Å². The van der Waals surface area contributed by atoms with Gasteiger partial charge in [0.25, 0.3) is 0 Å². The number of amidine groups is 1. The summed E-state index contributed by atoms with van der Waals surface area (Å²) >= 11 is 0. The van der Waals surface area contributed by atoms with Crippen LogP contribution in [0.15, 0.2) is 70.5 Å². The van der Waals surface area contributed by atoms with Crippen molar-refractivity contribution in [2.24, 2.45) is 10.9 Å². The first-order chi connectivity index (χ1) is 18.2. The summed E-state index contributed by atoms with van der Waals surface area (Å²) in [7, 11) is -8.28. The summed E-state index contributed by atoms with van der Waals surface area (Å²) in [4.78, 5) is 11.0. The number of hydrogen-bond donors (Lipinski definition) is 6. The Morgan fingerprint density at radius 2 is 1.74 bits per heavy atom. The predicted octanol–water partition coefficient (Wildman–Crippen LogP) is 1.75. The highest BCUT2D eigenvalue weighted by atomic mass is 32.2. The molecule has 39 heavy (non-hydrogen) atoms. The molecular formula is C25H28N4O8S2. The number of nitrogens with one attached hydrogen (secondary N) is 2. The van der Waals surface area contributed by atoms with E-state index in [-0.39, 0.29) is 47.0 Å². The number of sulfonamides is 2. The van der Waals surface area contributed by atoms with Crippen molar-refractivity contribution < 1.29 is 36.6 Å². The van der Waals surface area contributed by atoms with E-state index >= 15 is 0 Å². The highest BCUT2D eigenvalue weighted by Crippen LogP contribution is 2.32. The molecule has 1 atom stereocenters. The third kappa shape index (κ3) is 7.11. The largest absolute Gasteiger partial charge is 0.507 e. The van der Waals surface area contributed by atoms with Crippen molar-refractivity contribution in [2.75, 3.05) is 6.54 Å². The number of hydrogen-bond acceptors (Lipinski definition) is 8. The van der Waals surface area contributed by atoms with Crippen LogP contribution in [0, 0.1) is 5.41 Å². The molecule has 0 amide bonds. The smallest absolute Gasteiger partial charge is 0.344 e. The number of phenolic OH excluding ortho intramolecular Hbond substituents is 1. The van der Waals surface area contributed by atoms with Crippen LogP contribution in [0.2, 0.25) is 0 Å². The van der Waals surface area contributed by atoms with Crippen LogP contribution in [0.1, 0.15) is 24.5 Å². The van der Waals surface area contributed by atoms with Crippen molar-refractivity contribution in [3.8, 4) is 22.6 Å². The monoisotopic (exact) mass is 576 g/mol. The number of aliphatic carboxylic acids is 1. The number of ether oxygens (including phenoxy) is 1. The van der Waals surface area contributed by atoms with Crippen LogP contribution < -0.4 is 20.3 Å². The lowest BCUT2D eigenvalue weighted by molar-refractivity contribution is -0.145. The van der Waals surface area contributed by atoms with Gasteiger partial charge in [0.2, 0.25) is 20.0 Å². The van der Waals surface area contributed by atoms with Gasteiger partial charge < -0.3 is 20.7 Å². The lowest BCUT2D eigenvalue weighted by Crippen LogP contribution is -2.28. The van der Waals surface area contributed by atoms with Gasteiger partial charge in [-0.2, -0.15) is 0 Å². The van der Waals surface area contributed by atoms with Gasteiger partial charge in [-0.05, 0) is 54.3 Å². The number of carbonyl (C=O) groups is 1. The van der Waals surface area contributed by atoms with Crippen molar-refractivity contribution in [2.45, 2.75) is 35.7 Å². The fourth-order valence-corrected chi connectivity index (χ4v) is 5.66. The zero-order valence-corrected chi connectivity index (χ0v) is 22.4. The molecule has 0 heterocycles. The number of phenols is 1. The molecule has 14 heteroatoms. The molecule has 3 aromatic carbocycles. The van der Waals surface area contributed by atoms with Gasteiger partial charge in [-0.15, -0.1) is 0 Å². The number of nitrogen functional groups attached to an aromatic ring is 1. The highest BCUT2D eigenvalue weighted by molar-refractivity contribution is 7.89. The lowest BCUT2D eigenvalue weighted by Gasteiger charge is -2.18. The maximum atomic E-state index is 12.8. The Labute approximate surface area is 225 Å². The van der Waals surface area contributed by atoms with Crippen molar-refractivity contribution in [1.82, 2.24) is 4.72 Å². The molecule has 0 radical (unpaired) electrons. The van der Waals surface area contributed by atoms with E-state index in [2.05, 4.69) is 4.72 Å². The maximum Gasteiger partial charge on any atom is 0.344 e. The molecule has 0 saturated heterocycles.